The first-order chi connectivity index (χ1) is 13.2. The van der Waals surface area contributed by atoms with Crippen LogP contribution in [0.2, 0.25) is 0 Å². The predicted molar refractivity (Wildman–Crippen MR) is 107 cm³/mol. The molecular weight excluding hydrogens is 340 g/mol. The number of benzene rings is 1. The molecule has 3 saturated heterocycles. The Labute approximate surface area is 162 Å². The van der Waals surface area contributed by atoms with Gasteiger partial charge in [0, 0.05) is 64.7 Å². The van der Waals surface area contributed by atoms with Crippen LogP contribution in [0, 0.1) is 0 Å². The number of piperidine rings is 1. The number of ether oxygens (including phenoxy) is 1. The summed E-state index contributed by atoms with van der Waals surface area (Å²) in [6.45, 7) is 6.89. The third kappa shape index (κ3) is 4.06. The third-order valence-electron chi connectivity index (χ3n) is 6.59. The summed E-state index contributed by atoms with van der Waals surface area (Å²) in [5.74, 6) is 0. The maximum atomic E-state index is 11.9. The van der Waals surface area contributed by atoms with Crippen LogP contribution in [-0.2, 0) is 4.74 Å². The number of nitrogens with zero attached hydrogens (tertiary/aromatic N) is 3. The second kappa shape index (κ2) is 8.07. The first-order valence-corrected chi connectivity index (χ1v) is 10.3. The number of anilines is 1. The topological polar surface area (TPSA) is 48.1 Å². The second-order valence-electron chi connectivity index (χ2n) is 8.08. The van der Waals surface area contributed by atoms with E-state index in [0.717, 1.165) is 71.6 Å². The van der Waals surface area contributed by atoms with Crippen molar-refractivity contribution in [2.45, 2.75) is 37.3 Å². The summed E-state index contributed by atoms with van der Waals surface area (Å²) >= 11 is 0. The van der Waals surface area contributed by atoms with Gasteiger partial charge in [0.2, 0.25) is 0 Å². The lowest BCUT2D eigenvalue weighted by atomic mass is 9.81. The van der Waals surface area contributed by atoms with Gasteiger partial charge < -0.3 is 19.9 Å². The van der Waals surface area contributed by atoms with Crippen LogP contribution in [0.1, 0.15) is 25.7 Å². The van der Waals surface area contributed by atoms with Crippen LogP contribution in [0.15, 0.2) is 30.3 Å². The van der Waals surface area contributed by atoms with E-state index in [1.165, 1.54) is 5.69 Å². The number of carbonyl (C=O) groups excluding carboxylic acids is 1. The Morgan fingerprint density at radius 1 is 1.07 bits per heavy atom. The highest BCUT2D eigenvalue weighted by molar-refractivity contribution is 5.73. The van der Waals surface area contributed by atoms with Crippen molar-refractivity contribution in [3.63, 3.8) is 0 Å². The minimum atomic E-state index is -0.0238. The van der Waals surface area contributed by atoms with Gasteiger partial charge in [0.25, 0.3) is 0 Å². The Morgan fingerprint density at radius 3 is 2.44 bits per heavy atom. The molecule has 0 aliphatic carbocycles. The Hall–Kier alpha value is -1.79. The van der Waals surface area contributed by atoms with Crippen molar-refractivity contribution < 1.29 is 9.53 Å². The van der Waals surface area contributed by atoms with Gasteiger partial charge in [0.1, 0.15) is 0 Å². The summed E-state index contributed by atoms with van der Waals surface area (Å²) in [7, 11) is 1.70. The van der Waals surface area contributed by atoms with E-state index >= 15 is 0 Å². The van der Waals surface area contributed by atoms with Crippen molar-refractivity contribution in [3.05, 3.63) is 30.3 Å². The molecular formula is C21H32N4O2. The molecule has 0 unspecified atom stereocenters. The zero-order valence-corrected chi connectivity index (χ0v) is 16.4. The van der Waals surface area contributed by atoms with Crippen LogP contribution in [0.25, 0.3) is 0 Å². The van der Waals surface area contributed by atoms with E-state index in [1.54, 1.807) is 7.05 Å². The molecule has 0 bridgehead atoms. The minimum Gasteiger partial charge on any atom is -0.375 e. The first-order valence-electron chi connectivity index (χ1n) is 10.3. The molecule has 0 saturated carbocycles. The highest BCUT2D eigenvalue weighted by Crippen LogP contribution is 2.37. The normalized spacial score (nSPS) is 26.2. The van der Waals surface area contributed by atoms with E-state index in [4.69, 9.17) is 4.74 Å². The lowest BCUT2D eigenvalue weighted by Gasteiger charge is -2.49. The van der Waals surface area contributed by atoms with Crippen molar-refractivity contribution in [2.24, 2.45) is 0 Å². The average molecular weight is 373 g/mol. The Bertz CT molecular complexity index is 622. The van der Waals surface area contributed by atoms with Gasteiger partial charge in [-0.25, -0.2) is 4.79 Å². The number of rotatable bonds is 2. The highest BCUT2D eigenvalue weighted by atomic mass is 16.5. The van der Waals surface area contributed by atoms with Crippen molar-refractivity contribution >= 4 is 11.7 Å². The monoisotopic (exact) mass is 372 g/mol. The molecule has 3 aliphatic heterocycles. The lowest BCUT2D eigenvalue weighted by Crippen LogP contribution is -2.58. The number of hydrogen-bond acceptors (Lipinski definition) is 4. The molecule has 1 atom stereocenters. The maximum Gasteiger partial charge on any atom is 0.317 e. The number of para-hydroxylation sites is 1. The van der Waals surface area contributed by atoms with Crippen LogP contribution < -0.4 is 10.2 Å². The molecule has 0 radical (unpaired) electrons. The summed E-state index contributed by atoms with van der Waals surface area (Å²) in [6, 6.07) is 11.4. The van der Waals surface area contributed by atoms with E-state index in [1.807, 2.05) is 4.90 Å². The number of likely N-dealkylation sites (tertiary alicyclic amines) is 1. The van der Waals surface area contributed by atoms with Gasteiger partial charge in [-0.3, -0.25) is 4.90 Å². The summed E-state index contributed by atoms with van der Waals surface area (Å²) < 4.78 is 6.28. The fourth-order valence-corrected chi connectivity index (χ4v) is 4.92. The van der Waals surface area contributed by atoms with E-state index in [2.05, 4.69) is 45.4 Å². The van der Waals surface area contributed by atoms with Gasteiger partial charge in [-0.2, -0.15) is 0 Å². The minimum absolute atomic E-state index is 0.0238. The molecule has 2 amide bonds. The van der Waals surface area contributed by atoms with Gasteiger partial charge >= 0.3 is 6.03 Å². The Balaban J connectivity index is 1.31. The van der Waals surface area contributed by atoms with Crippen molar-refractivity contribution in [3.8, 4) is 0 Å². The van der Waals surface area contributed by atoms with Gasteiger partial charge in [-0.1, -0.05) is 18.2 Å². The van der Waals surface area contributed by atoms with E-state index in [9.17, 15) is 4.79 Å². The third-order valence-corrected chi connectivity index (χ3v) is 6.59. The number of piperazine rings is 1. The molecule has 1 spiro atoms. The number of carbonyl (C=O) groups is 1. The van der Waals surface area contributed by atoms with Crippen LogP contribution in [0.3, 0.4) is 0 Å². The van der Waals surface area contributed by atoms with Crippen molar-refractivity contribution in [1.29, 1.82) is 0 Å². The average Bonchev–Trinajstić information content (AvgIpc) is 2.74. The summed E-state index contributed by atoms with van der Waals surface area (Å²) in [4.78, 5) is 18.9. The van der Waals surface area contributed by atoms with Gasteiger partial charge in [0.05, 0.1) is 5.60 Å². The number of nitrogens with one attached hydrogen (secondary N) is 1. The van der Waals surface area contributed by atoms with Crippen LogP contribution in [0.4, 0.5) is 10.5 Å². The Morgan fingerprint density at radius 2 is 1.78 bits per heavy atom. The van der Waals surface area contributed by atoms with E-state index in [0.29, 0.717) is 6.04 Å². The van der Waals surface area contributed by atoms with Gasteiger partial charge in [-0.15, -0.1) is 0 Å². The summed E-state index contributed by atoms with van der Waals surface area (Å²) in [6.07, 6.45) is 4.16. The van der Waals surface area contributed by atoms with Crippen molar-refractivity contribution in [2.75, 3.05) is 57.8 Å². The molecule has 0 aromatic heterocycles. The quantitative estimate of drug-likeness (QED) is 0.864. The number of urea groups is 1. The van der Waals surface area contributed by atoms with Crippen LogP contribution in [-0.4, -0.2) is 80.4 Å². The predicted octanol–water partition coefficient (Wildman–Crippen LogP) is 2.16. The zero-order chi connectivity index (χ0) is 18.7. The second-order valence-corrected chi connectivity index (χ2v) is 8.08. The van der Waals surface area contributed by atoms with Crippen molar-refractivity contribution in [1.82, 2.24) is 15.1 Å². The summed E-state index contributed by atoms with van der Waals surface area (Å²) in [5.41, 5.74) is 1.31. The first kappa shape index (κ1) is 18.6. The number of amides is 2. The molecule has 27 heavy (non-hydrogen) atoms. The smallest absolute Gasteiger partial charge is 0.317 e. The van der Waals surface area contributed by atoms with Gasteiger partial charge in [0.15, 0.2) is 0 Å². The molecule has 6 nitrogen and oxygen atoms in total. The maximum absolute atomic E-state index is 11.9. The molecule has 4 rings (SSSR count). The molecule has 3 fully saturated rings. The highest BCUT2D eigenvalue weighted by Gasteiger charge is 2.42. The SMILES string of the molecule is CNC(=O)N1CCC2(CC1)C[C@@H](N1CCN(c3ccccc3)CC1)CCO2. The standard InChI is InChI=1S/C21H32N4O2/c1-22-20(26)25-10-8-21(9-11-25)17-19(7-16-27-21)24-14-12-23(13-15-24)18-5-3-2-4-6-18/h2-6,19H,7-17H2,1H3,(H,22,26)/t19-/m0/s1. The lowest BCUT2D eigenvalue weighted by molar-refractivity contribution is -0.129. The fourth-order valence-electron chi connectivity index (χ4n) is 4.92. The number of hydrogen-bond donors (Lipinski definition) is 1. The van der Waals surface area contributed by atoms with Crippen LogP contribution in [0.5, 0.6) is 0 Å². The van der Waals surface area contributed by atoms with Gasteiger partial charge in [-0.05, 0) is 37.8 Å². The molecule has 1 N–H and O–H groups in total. The molecule has 3 aliphatic rings. The molecule has 148 valence electrons. The zero-order valence-electron chi connectivity index (χ0n) is 16.4. The Kier molecular flexibility index (Phi) is 5.55. The summed E-state index contributed by atoms with van der Waals surface area (Å²) in [5, 5.41) is 2.74. The molecule has 6 heteroatoms. The van der Waals surface area contributed by atoms with Crippen LogP contribution >= 0.6 is 0 Å². The molecule has 1 aromatic rings. The fraction of sp³-hybridized carbons (Fsp3) is 0.667. The largest absolute Gasteiger partial charge is 0.375 e. The molecule has 1 aromatic carbocycles. The van der Waals surface area contributed by atoms with E-state index in [-0.39, 0.29) is 11.6 Å². The molecule has 3 heterocycles. The van der Waals surface area contributed by atoms with E-state index < -0.39 is 0 Å².